The predicted octanol–water partition coefficient (Wildman–Crippen LogP) is 4.68. The van der Waals surface area contributed by atoms with Crippen LogP contribution >= 0.6 is 11.6 Å². The molecule has 2 aromatic carbocycles. The van der Waals surface area contributed by atoms with Gasteiger partial charge in [-0.15, -0.1) is 0 Å². The number of halogens is 1. The second-order valence-corrected chi connectivity index (χ2v) is 4.24. The fraction of sp³-hybridized carbons (Fsp3) is 0. The van der Waals surface area contributed by atoms with Gasteiger partial charge in [0.2, 0.25) is 0 Å². The largest absolute Gasteiger partial charge is 0.454 e. The molecule has 3 aromatic rings. The van der Waals surface area contributed by atoms with Crippen molar-refractivity contribution in [1.82, 2.24) is 4.98 Å². The Morgan fingerprint density at radius 2 is 1.61 bits per heavy atom. The lowest BCUT2D eigenvalue weighted by Gasteiger charge is -2.08. The van der Waals surface area contributed by atoms with E-state index in [4.69, 9.17) is 16.3 Å². The van der Waals surface area contributed by atoms with Crippen LogP contribution in [-0.2, 0) is 0 Å². The van der Waals surface area contributed by atoms with Gasteiger partial charge in [0.05, 0.1) is 5.52 Å². The zero-order chi connectivity index (χ0) is 12.4. The molecule has 0 bridgehead atoms. The second-order valence-electron chi connectivity index (χ2n) is 3.89. The highest BCUT2D eigenvalue weighted by atomic mass is 35.5. The molecule has 0 aliphatic carbocycles. The van der Waals surface area contributed by atoms with Gasteiger partial charge in [-0.25, -0.2) is 4.98 Å². The Balaban J connectivity index is 2.04. The summed E-state index contributed by atoms with van der Waals surface area (Å²) in [6.45, 7) is 0. The van der Waals surface area contributed by atoms with Gasteiger partial charge in [0.15, 0.2) is 10.9 Å². The highest BCUT2D eigenvalue weighted by molar-refractivity contribution is 6.31. The number of hydrogen-bond donors (Lipinski definition) is 0. The minimum Gasteiger partial charge on any atom is -0.454 e. The van der Waals surface area contributed by atoms with Crippen molar-refractivity contribution in [2.24, 2.45) is 0 Å². The molecule has 0 aliphatic heterocycles. The van der Waals surface area contributed by atoms with E-state index in [2.05, 4.69) is 4.98 Å². The molecule has 0 saturated carbocycles. The Morgan fingerprint density at radius 3 is 2.44 bits per heavy atom. The van der Waals surface area contributed by atoms with Crippen LogP contribution in [0.4, 0.5) is 0 Å². The summed E-state index contributed by atoms with van der Waals surface area (Å²) in [6.07, 6.45) is 0. The topological polar surface area (TPSA) is 22.1 Å². The van der Waals surface area contributed by atoms with Crippen LogP contribution in [0.1, 0.15) is 0 Å². The van der Waals surface area contributed by atoms with Crippen LogP contribution in [0.25, 0.3) is 10.9 Å². The lowest BCUT2D eigenvalue weighted by atomic mass is 10.2. The average Bonchev–Trinajstić information content (AvgIpc) is 2.41. The van der Waals surface area contributed by atoms with Gasteiger partial charge in [0, 0.05) is 5.39 Å². The fourth-order valence-corrected chi connectivity index (χ4v) is 1.94. The van der Waals surface area contributed by atoms with E-state index >= 15 is 0 Å². The van der Waals surface area contributed by atoms with Gasteiger partial charge in [-0.05, 0) is 24.3 Å². The highest BCUT2D eigenvalue weighted by Crippen LogP contribution is 2.30. The molecule has 88 valence electrons. The number of aromatic nitrogens is 1. The summed E-state index contributed by atoms with van der Waals surface area (Å²) >= 11 is 6.12. The van der Waals surface area contributed by atoms with Crippen molar-refractivity contribution in [3.05, 3.63) is 65.8 Å². The molecule has 1 aromatic heterocycles. The predicted molar refractivity (Wildman–Crippen MR) is 73.3 cm³/mol. The lowest BCUT2D eigenvalue weighted by Crippen LogP contribution is -1.88. The van der Waals surface area contributed by atoms with Crippen LogP contribution in [0.15, 0.2) is 60.7 Å². The molecule has 0 unspecified atom stereocenters. The molecule has 0 aliphatic rings. The van der Waals surface area contributed by atoms with Crippen molar-refractivity contribution in [3.63, 3.8) is 0 Å². The molecule has 0 amide bonds. The van der Waals surface area contributed by atoms with Crippen molar-refractivity contribution < 1.29 is 4.74 Å². The van der Waals surface area contributed by atoms with Crippen molar-refractivity contribution in [3.8, 4) is 11.5 Å². The van der Waals surface area contributed by atoms with E-state index in [0.717, 1.165) is 16.7 Å². The van der Waals surface area contributed by atoms with Crippen LogP contribution < -0.4 is 4.74 Å². The third kappa shape index (κ3) is 2.15. The first-order valence-corrected chi connectivity index (χ1v) is 5.99. The van der Waals surface area contributed by atoms with Crippen molar-refractivity contribution in [2.45, 2.75) is 0 Å². The SMILES string of the molecule is Clc1nc2ccccc2cc1Oc1ccccc1. The molecule has 1 heterocycles. The Bertz CT molecular complexity index is 682. The number of hydrogen-bond acceptors (Lipinski definition) is 2. The van der Waals surface area contributed by atoms with Crippen molar-refractivity contribution >= 4 is 22.5 Å². The molecule has 0 spiro atoms. The molecular formula is C15H10ClNO. The van der Waals surface area contributed by atoms with E-state index in [1.807, 2.05) is 60.7 Å². The number of ether oxygens (including phenoxy) is 1. The van der Waals surface area contributed by atoms with E-state index in [1.54, 1.807) is 0 Å². The number of para-hydroxylation sites is 2. The molecule has 0 N–H and O–H groups in total. The summed E-state index contributed by atoms with van der Waals surface area (Å²) in [5, 5.41) is 1.38. The Kier molecular flexibility index (Phi) is 2.87. The maximum atomic E-state index is 6.12. The van der Waals surface area contributed by atoms with Gasteiger partial charge in [-0.1, -0.05) is 48.0 Å². The summed E-state index contributed by atoms with van der Waals surface area (Å²) < 4.78 is 5.72. The normalized spacial score (nSPS) is 10.5. The van der Waals surface area contributed by atoms with Crippen LogP contribution in [0, 0.1) is 0 Å². The van der Waals surface area contributed by atoms with Crippen molar-refractivity contribution in [2.75, 3.05) is 0 Å². The number of fused-ring (bicyclic) bond motifs is 1. The van der Waals surface area contributed by atoms with Gasteiger partial charge in [-0.3, -0.25) is 0 Å². The van der Waals surface area contributed by atoms with E-state index in [9.17, 15) is 0 Å². The van der Waals surface area contributed by atoms with Gasteiger partial charge < -0.3 is 4.74 Å². The molecular weight excluding hydrogens is 246 g/mol. The summed E-state index contributed by atoms with van der Waals surface area (Å²) in [6, 6.07) is 19.2. The minimum absolute atomic E-state index is 0.373. The van der Waals surface area contributed by atoms with Gasteiger partial charge in [-0.2, -0.15) is 0 Å². The lowest BCUT2D eigenvalue weighted by molar-refractivity contribution is 0.481. The molecule has 3 heteroatoms. The molecule has 3 rings (SSSR count). The Morgan fingerprint density at radius 1 is 0.889 bits per heavy atom. The maximum Gasteiger partial charge on any atom is 0.172 e. The van der Waals surface area contributed by atoms with Gasteiger partial charge in [0.1, 0.15) is 5.75 Å². The van der Waals surface area contributed by atoms with E-state index in [0.29, 0.717) is 10.9 Å². The van der Waals surface area contributed by atoms with Crippen LogP contribution in [0.3, 0.4) is 0 Å². The molecule has 0 radical (unpaired) electrons. The minimum atomic E-state index is 0.373. The van der Waals surface area contributed by atoms with E-state index in [1.165, 1.54) is 0 Å². The zero-order valence-electron chi connectivity index (χ0n) is 9.51. The first-order chi connectivity index (χ1) is 8.83. The smallest absolute Gasteiger partial charge is 0.172 e. The number of pyridine rings is 1. The zero-order valence-corrected chi connectivity index (χ0v) is 10.3. The summed E-state index contributed by atoms with van der Waals surface area (Å²) in [7, 11) is 0. The standard InChI is InChI=1S/C15H10ClNO/c16-15-14(18-12-7-2-1-3-8-12)10-11-6-4-5-9-13(11)17-15/h1-10H. The van der Waals surface area contributed by atoms with Crippen LogP contribution in [0.5, 0.6) is 11.5 Å². The Hall–Kier alpha value is -2.06. The van der Waals surface area contributed by atoms with Gasteiger partial charge in [0.25, 0.3) is 0 Å². The summed E-state index contributed by atoms with van der Waals surface area (Å²) in [5.41, 5.74) is 0.864. The number of benzene rings is 2. The summed E-state index contributed by atoms with van der Waals surface area (Å²) in [4.78, 5) is 4.31. The average molecular weight is 256 g/mol. The molecule has 2 nitrogen and oxygen atoms in total. The Labute approximate surface area is 110 Å². The van der Waals surface area contributed by atoms with Gasteiger partial charge >= 0.3 is 0 Å². The highest BCUT2D eigenvalue weighted by Gasteiger charge is 2.06. The molecule has 0 saturated heterocycles. The first-order valence-electron chi connectivity index (χ1n) is 5.61. The number of rotatable bonds is 2. The monoisotopic (exact) mass is 255 g/mol. The third-order valence-electron chi connectivity index (χ3n) is 2.62. The quantitative estimate of drug-likeness (QED) is 0.620. The molecule has 18 heavy (non-hydrogen) atoms. The second kappa shape index (κ2) is 4.67. The van der Waals surface area contributed by atoms with Crippen LogP contribution in [-0.4, -0.2) is 4.98 Å². The fourth-order valence-electron chi connectivity index (χ4n) is 1.76. The number of nitrogens with zero attached hydrogens (tertiary/aromatic N) is 1. The first kappa shape index (κ1) is 11.1. The van der Waals surface area contributed by atoms with Crippen molar-refractivity contribution in [1.29, 1.82) is 0 Å². The van der Waals surface area contributed by atoms with E-state index in [-0.39, 0.29) is 0 Å². The van der Waals surface area contributed by atoms with Crippen LogP contribution in [0.2, 0.25) is 5.15 Å². The molecule has 0 atom stereocenters. The third-order valence-corrected chi connectivity index (χ3v) is 2.89. The summed E-state index contributed by atoms with van der Waals surface area (Å²) in [5.74, 6) is 1.32. The molecule has 0 fully saturated rings. The van der Waals surface area contributed by atoms with E-state index < -0.39 is 0 Å². The maximum absolute atomic E-state index is 6.12.